The SMILES string of the molecule is CC(C=O)c1c(-c2ccc3c4c(ccc3c2)C2=C(CCC=C2)CC4)ccc2ccccc12. The second kappa shape index (κ2) is 7.60. The van der Waals surface area contributed by atoms with Crippen molar-refractivity contribution in [2.75, 3.05) is 0 Å². The number of fused-ring (bicyclic) bond motifs is 5. The predicted molar refractivity (Wildman–Crippen MR) is 135 cm³/mol. The van der Waals surface area contributed by atoms with Crippen molar-refractivity contribution in [2.24, 2.45) is 0 Å². The minimum atomic E-state index is -0.154. The van der Waals surface area contributed by atoms with Crippen LogP contribution in [0.1, 0.15) is 48.8 Å². The molecule has 0 saturated heterocycles. The normalized spacial score (nSPS) is 16.2. The average molecular weight is 415 g/mol. The number of hydrogen-bond donors (Lipinski definition) is 0. The van der Waals surface area contributed by atoms with Crippen LogP contribution in [-0.2, 0) is 11.2 Å². The second-order valence-electron chi connectivity index (χ2n) is 9.16. The van der Waals surface area contributed by atoms with E-state index < -0.39 is 0 Å². The third-order valence-electron chi connectivity index (χ3n) is 7.32. The Bertz CT molecular complexity index is 1450. The summed E-state index contributed by atoms with van der Waals surface area (Å²) in [4.78, 5) is 11.8. The number of aldehydes is 1. The van der Waals surface area contributed by atoms with Crippen molar-refractivity contribution < 1.29 is 4.79 Å². The molecule has 0 aliphatic heterocycles. The Kier molecular flexibility index (Phi) is 4.57. The first-order valence-corrected chi connectivity index (χ1v) is 11.7. The van der Waals surface area contributed by atoms with Gasteiger partial charge in [0.1, 0.15) is 6.29 Å². The number of benzene rings is 4. The van der Waals surface area contributed by atoms with Gasteiger partial charge in [-0.05, 0) is 86.7 Å². The van der Waals surface area contributed by atoms with E-state index in [1.165, 1.54) is 63.1 Å². The molecule has 0 radical (unpaired) electrons. The molecule has 1 nitrogen and oxygen atoms in total. The number of aryl methyl sites for hydroxylation is 1. The summed E-state index contributed by atoms with van der Waals surface area (Å²) in [5.41, 5.74) is 9.45. The van der Waals surface area contributed by atoms with Crippen LogP contribution in [0.3, 0.4) is 0 Å². The van der Waals surface area contributed by atoms with Crippen LogP contribution in [0, 0.1) is 0 Å². The van der Waals surface area contributed by atoms with Crippen molar-refractivity contribution in [3.05, 3.63) is 101 Å². The summed E-state index contributed by atoms with van der Waals surface area (Å²) in [7, 11) is 0. The first kappa shape index (κ1) is 19.3. The predicted octanol–water partition coefficient (Wildman–Crippen LogP) is 8.01. The molecule has 0 aromatic heterocycles. The van der Waals surface area contributed by atoms with E-state index in [-0.39, 0.29) is 5.92 Å². The van der Waals surface area contributed by atoms with E-state index in [4.69, 9.17) is 0 Å². The Morgan fingerprint density at radius 2 is 1.66 bits per heavy atom. The van der Waals surface area contributed by atoms with E-state index in [0.29, 0.717) is 0 Å². The fraction of sp³-hybridized carbons (Fsp3) is 0.194. The van der Waals surface area contributed by atoms with Gasteiger partial charge >= 0.3 is 0 Å². The lowest BCUT2D eigenvalue weighted by Crippen LogP contribution is -2.07. The molecule has 0 saturated carbocycles. The van der Waals surface area contributed by atoms with Crippen molar-refractivity contribution in [3.8, 4) is 11.1 Å². The molecule has 0 amide bonds. The van der Waals surface area contributed by atoms with Crippen LogP contribution >= 0.6 is 0 Å². The van der Waals surface area contributed by atoms with Crippen molar-refractivity contribution >= 4 is 33.4 Å². The zero-order chi connectivity index (χ0) is 21.7. The summed E-state index contributed by atoms with van der Waals surface area (Å²) < 4.78 is 0. The van der Waals surface area contributed by atoms with E-state index in [0.717, 1.165) is 23.8 Å². The average Bonchev–Trinajstić information content (AvgIpc) is 2.86. The molecule has 0 spiro atoms. The van der Waals surface area contributed by atoms with E-state index >= 15 is 0 Å². The third kappa shape index (κ3) is 2.96. The quantitative estimate of drug-likeness (QED) is 0.310. The molecular weight excluding hydrogens is 388 g/mol. The summed E-state index contributed by atoms with van der Waals surface area (Å²) in [6, 6.07) is 24.2. The molecule has 4 aromatic carbocycles. The monoisotopic (exact) mass is 414 g/mol. The molecule has 6 rings (SSSR count). The summed E-state index contributed by atoms with van der Waals surface area (Å²) in [5.74, 6) is -0.154. The summed E-state index contributed by atoms with van der Waals surface area (Å²) in [6.45, 7) is 2.00. The van der Waals surface area contributed by atoms with Crippen LogP contribution in [0.15, 0.2) is 84.5 Å². The molecule has 2 aliphatic carbocycles. The van der Waals surface area contributed by atoms with Gasteiger partial charge in [-0.15, -0.1) is 0 Å². The van der Waals surface area contributed by atoms with Crippen molar-refractivity contribution in [2.45, 2.75) is 38.5 Å². The third-order valence-corrected chi connectivity index (χ3v) is 7.32. The van der Waals surface area contributed by atoms with Gasteiger partial charge < -0.3 is 4.79 Å². The Hall–Kier alpha value is -3.45. The van der Waals surface area contributed by atoms with Gasteiger partial charge in [0.05, 0.1) is 0 Å². The second-order valence-corrected chi connectivity index (χ2v) is 9.16. The van der Waals surface area contributed by atoms with Crippen LogP contribution in [0.4, 0.5) is 0 Å². The number of allylic oxidation sites excluding steroid dienone is 4. The molecule has 0 N–H and O–H groups in total. The van der Waals surface area contributed by atoms with Crippen LogP contribution in [0.25, 0.3) is 38.2 Å². The molecule has 2 aliphatic rings. The van der Waals surface area contributed by atoms with Gasteiger partial charge in [0.2, 0.25) is 0 Å². The van der Waals surface area contributed by atoms with Crippen LogP contribution in [0.5, 0.6) is 0 Å². The molecule has 0 heterocycles. The molecule has 0 fully saturated rings. The lowest BCUT2D eigenvalue weighted by atomic mass is 9.79. The highest BCUT2D eigenvalue weighted by atomic mass is 16.1. The van der Waals surface area contributed by atoms with Gasteiger partial charge in [-0.25, -0.2) is 0 Å². The van der Waals surface area contributed by atoms with E-state index in [1.54, 1.807) is 5.57 Å². The maximum atomic E-state index is 11.8. The largest absolute Gasteiger partial charge is 0.303 e. The molecule has 32 heavy (non-hydrogen) atoms. The zero-order valence-electron chi connectivity index (χ0n) is 18.4. The first-order chi connectivity index (χ1) is 15.7. The molecule has 0 bridgehead atoms. The van der Waals surface area contributed by atoms with Gasteiger partial charge in [0, 0.05) is 5.92 Å². The fourth-order valence-electron chi connectivity index (χ4n) is 5.72. The Balaban J connectivity index is 1.53. The van der Waals surface area contributed by atoms with E-state index in [1.807, 2.05) is 6.92 Å². The smallest absolute Gasteiger partial charge is 0.127 e. The fourth-order valence-corrected chi connectivity index (χ4v) is 5.72. The van der Waals surface area contributed by atoms with Crippen LogP contribution < -0.4 is 0 Å². The van der Waals surface area contributed by atoms with Crippen molar-refractivity contribution in [1.29, 1.82) is 0 Å². The van der Waals surface area contributed by atoms with E-state index in [2.05, 4.69) is 78.9 Å². The molecule has 1 atom stereocenters. The van der Waals surface area contributed by atoms with Gasteiger partial charge in [-0.2, -0.15) is 0 Å². The standard InChI is InChI=1S/C31H26O/c1-20(19-32)31-27-9-5-3-7-22(27)10-15-28(31)24-12-14-26-23(18-24)13-17-29-25-8-4-2-6-21(25)11-16-30(26)29/h3-5,7-10,12-15,17-20H,2,6,11,16H2,1H3. The maximum Gasteiger partial charge on any atom is 0.127 e. The first-order valence-electron chi connectivity index (χ1n) is 11.7. The Labute approximate surface area is 189 Å². The molecule has 1 unspecified atom stereocenters. The van der Waals surface area contributed by atoms with Gasteiger partial charge in [-0.1, -0.05) is 85.3 Å². The molecule has 1 heteroatoms. The van der Waals surface area contributed by atoms with E-state index in [9.17, 15) is 4.79 Å². The Morgan fingerprint density at radius 3 is 2.56 bits per heavy atom. The lowest BCUT2D eigenvalue weighted by molar-refractivity contribution is -0.108. The van der Waals surface area contributed by atoms with Crippen LogP contribution in [0.2, 0.25) is 0 Å². The topological polar surface area (TPSA) is 17.1 Å². The molecule has 4 aromatic rings. The highest BCUT2D eigenvalue weighted by Crippen LogP contribution is 2.41. The molecule has 156 valence electrons. The summed E-state index contributed by atoms with van der Waals surface area (Å²) in [5, 5.41) is 4.99. The van der Waals surface area contributed by atoms with Crippen molar-refractivity contribution in [1.82, 2.24) is 0 Å². The highest BCUT2D eigenvalue weighted by Gasteiger charge is 2.21. The maximum absolute atomic E-state index is 11.8. The lowest BCUT2D eigenvalue weighted by Gasteiger charge is -2.25. The summed E-state index contributed by atoms with van der Waals surface area (Å²) in [6.07, 6.45) is 10.4. The number of rotatable bonds is 3. The number of hydrogen-bond acceptors (Lipinski definition) is 1. The summed E-state index contributed by atoms with van der Waals surface area (Å²) >= 11 is 0. The van der Waals surface area contributed by atoms with Gasteiger partial charge in [0.25, 0.3) is 0 Å². The van der Waals surface area contributed by atoms with Gasteiger partial charge in [-0.3, -0.25) is 0 Å². The minimum Gasteiger partial charge on any atom is -0.303 e. The minimum absolute atomic E-state index is 0.154. The Morgan fingerprint density at radius 1 is 0.812 bits per heavy atom. The van der Waals surface area contributed by atoms with Crippen molar-refractivity contribution in [3.63, 3.8) is 0 Å². The number of carbonyl (C=O) groups excluding carboxylic acids is 1. The van der Waals surface area contributed by atoms with Crippen LogP contribution in [-0.4, -0.2) is 6.29 Å². The zero-order valence-corrected chi connectivity index (χ0v) is 18.4. The molecular formula is C31H26O. The highest BCUT2D eigenvalue weighted by molar-refractivity contribution is 5.99. The van der Waals surface area contributed by atoms with Gasteiger partial charge in [0.15, 0.2) is 0 Å². The number of carbonyl (C=O) groups is 1.